The summed E-state index contributed by atoms with van der Waals surface area (Å²) in [6, 6.07) is 4.14. The van der Waals surface area contributed by atoms with Crippen molar-refractivity contribution in [3.63, 3.8) is 0 Å². The van der Waals surface area contributed by atoms with E-state index in [0.29, 0.717) is 6.54 Å². The van der Waals surface area contributed by atoms with E-state index in [1.807, 2.05) is 12.3 Å². The Morgan fingerprint density at radius 2 is 2.18 bits per heavy atom. The summed E-state index contributed by atoms with van der Waals surface area (Å²) in [6.07, 6.45) is 8.35. The van der Waals surface area contributed by atoms with Crippen LogP contribution in [0.3, 0.4) is 0 Å². The molecule has 17 heavy (non-hydrogen) atoms. The van der Waals surface area contributed by atoms with Gasteiger partial charge in [0.1, 0.15) is 5.82 Å². The van der Waals surface area contributed by atoms with E-state index in [4.69, 9.17) is 5.73 Å². The van der Waals surface area contributed by atoms with Gasteiger partial charge in [-0.1, -0.05) is 18.9 Å². The standard InChI is InChI=1S/C14H23N3/c1-17(11-12-5-2-3-6-12)14-13(8-9-15)7-4-10-16-14/h4,7,10,12H,2-3,5-6,8-9,11,15H2,1H3. The first-order chi connectivity index (χ1) is 8.31. The molecule has 1 aromatic rings. The lowest BCUT2D eigenvalue weighted by Gasteiger charge is -2.24. The van der Waals surface area contributed by atoms with Crippen molar-refractivity contribution in [1.29, 1.82) is 0 Å². The molecular formula is C14H23N3. The molecule has 0 bridgehead atoms. The van der Waals surface area contributed by atoms with Crippen LogP contribution < -0.4 is 10.6 Å². The van der Waals surface area contributed by atoms with Crippen LogP contribution >= 0.6 is 0 Å². The van der Waals surface area contributed by atoms with E-state index in [1.165, 1.54) is 31.2 Å². The highest BCUT2D eigenvalue weighted by molar-refractivity contribution is 5.46. The minimum Gasteiger partial charge on any atom is -0.359 e. The fourth-order valence-electron chi connectivity index (χ4n) is 2.79. The summed E-state index contributed by atoms with van der Waals surface area (Å²) in [5, 5.41) is 0. The van der Waals surface area contributed by atoms with Crippen molar-refractivity contribution in [3.05, 3.63) is 23.9 Å². The molecule has 94 valence electrons. The van der Waals surface area contributed by atoms with Gasteiger partial charge in [-0.2, -0.15) is 0 Å². The normalized spacial score (nSPS) is 16.4. The van der Waals surface area contributed by atoms with Crippen LogP contribution in [0.15, 0.2) is 18.3 Å². The maximum absolute atomic E-state index is 5.65. The summed E-state index contributed by atoms with van der Waals surface area (Å²) >= 11 is 0. The molecule has 0 radical (unpaired) electrons. The van der Waals surface area contributed by atoms with E-state index >= 15 is 0 Å². The number of pyridine rings is 1. The third-order valence-electron chi connectivity index (χ3n) is 3.65. The monoisotopic (exact) mass is 233 g/mol. The molecule has 3 nitrogen and oxygen atoms in total. The number of nitrogens with two attached hydrogens (primary N) is 1. The predicted octanol–water partition coefficient (Wildman–Crippen LogP) is 2.21. The summed E-state index contributed by atoms with van der Waals surface area (Å²) in [6.45, 7) is 1.82. The van der Waals surface area contributed by atoms with Crippen LogP contribution in [0.5, 0.6) is 0 Å². The third kappa shape index (κ3) is 3.19. The molecule has 1 saturated carbocycles. The molecule has 1 aromatic heterocycles. The van der Waals surface area contributed by atoms with E-state index in [0.717, 1.165) is 24.7 Å². The maximum atomic E-state index is 5.65. The minimum absolute atomic E-state index is 0.690. The highest BCUT2D eigenvalue weighted by Crippen LogP contribution is 2.27. The van der Waals surface area contributed by atoms with Gasteiger partial charge < -0.3 is 10.6 Å². The molecule has 0 saturated heterocycles. The Labute approximate surface area is 104 Å². The Bertz CT molecular complexity index is 345. The second kappa shape index (κ2) is 6.01. The molecule has 1 aliphatic carbocycles. The summed E-state index contributed by atoms with van der Waals surface area (Å²) in [7, 11) is 2.15. The summed E-state index contributed by atoms with van der Waals surface area (Å²) in [4.78, 5) is 6.82. The van der Waals surface area contributed by atoms with Crippen LogP contribution in [-0.4, -0.2) is 25.1 Å². The van der Waals surface area contributed by atoms with Gasteiger partial charge in [0, 0.05) is 19.8 Å². The number of hydrogen-bond acceptors (Lipinski definition) is 3. The largest absolute Gasteiger partial charge is 0.359 e. The number of rotatable bonds is 5. The number of nitrogens with zero attached hydrogens (tertiary/aromatic N) is 2. The fraction of sp³-hybridized carbons (Fsp3) is 0.643. The van der Waals surface area contributed by atoms with E-state index in [9.17, 15) is 0 Å². The summed E-state index contributed by atoms with van der Waals surface area (Å²) in [5.41, 5.74) is 6.92. The van der Waals surface area contributed by atoms with Gasteiger partial charge in [-0.25, -0.2) is 4.98 Å². The van der Waals surface area contributed by atoms with E-state index < -0.39 is 0 Å². The molecule has 2 rings (SSSR count). The SMILES string of the molecule is CN(CC1CCCC1)c1ncccc1CCN. The molecule has 0 spiro atoms. The van der Waals surface area contributed by atoms with Gasteiger partial charge in [0.05, 0.1) is 0 Å². The minimum atomic E-state index is 0.690. The van der Waals surface area contributed by atoms with Gasteiger partial charge in [-0.15, -0.1) is 0 Å². The molecule has 0 aromatic carbocycles. The first-order valence-electron chi connectivity index (χ1n) is 6.66. The van der Waals surface area contributed by atoms with Crippen molar-refractivity contribution in [2.45, 2.75) is 32.1 Å². The van der Waals surface area contributed by atoms with Gasteiger partial charge in [-0.3, -0.25) is 0 Å². The quantitative estimate of drug-likeness (QED) is 0.848. The van der Waals surface area contributed by atoms with E-state index in [-0.39, 0.29) is 0 Å². The molecule has 0 atom stereocenters. The fourth-order valence-corrected chi connectivity index (χ4v) is 2.79. The van der Waals surface area contributed by atoms with E-state index in [1.54, 1.807) is 0 Å². The van der Waals surface area contributed by atoms with Crippen LogP contribution in [0.4, 0.5) is 5.82 Å². The molecule has 0 amide bonds. The zero-order valence-corrected chi connectivity index (χ0v) is 10.7. The van der Waals surface area contributed by atoms with Crippen LogP contribution in [0.1, 0.15) is 31.2 Å². The Balaban J connectivity index is 2.03. The highest BCUT2D eigenvalue weighted by Gasteiger charge is 2.18. The smallest absolute Gasteiger partial charge is 0.131 e. The van der Waals surface area contributed by atoms with Crippen molar-refractivity contribution in [1.82, 2.24) is 4.98 Å². The molecule has 0 aliphatic heterocycles. The topological polar surface area (TPSA) is 42.2 Å². The lowest BCUT2D eigenvalue weighted by atomic mass is 10.1. The molecule has 3 heteroatoms. The van der Waals surface area contributed by atoms with Crippen molar-refractivity contribution in [2.75, 3.05) is 25.0 Å². The number of hydrogen-bond donors (Lipinski definition) is 1. The summed E-state index contributed by atoms with van der Waals surface area (Å²) < 4.78 is 0. The molecule has 1 heterocycles. The van der Waals surface area contributed by atoms with Gasteiger partial charge >= 0.3 is 0 Å². The lowest BCUT2D eigenvalue weighted by molar-refractivity contribution is 0.544. The first kappa shape index (κ1) is 12.4. The van der Waals surface area contributed by atoms with Crippen molar-refractivity contribution < 1.29 is 0 Å². The molecule has 2 N–H and O–H groups in total. The number of anilines is 1. The highest BCUT2D eigenvalue weighted by atomic mass is 15.2. The van der Waals surface area contributed by atoms with Gasteiger partial charge in [0.25, 0.3) is 0 Å². The Morgan fingerprint density at radius 3 is 2.88 bits per heavy atom. The molecule has 0 unspecified atom stereocenters. The average Bonchev–Trinajstić information content (AvgIpc) is 2.83. The molecule has 1 fully saturated rings. The third-order valence-corrected chi connectivity index (χ3v) is 3.65. The van der Waals surface area contributed by atoms with Crippen LogP contribution in [0.25, 0.3) is 0 Å². The van der Waals surface area contributed by atoms with Gasteiger partial charge in [-0.05, 0) is 43.4 Å². The predicted molar refractivity (Wildman–Crippen MR) is 72.2 cm³/mol. The zero-order chi connectivity index (χ0) is 12.1. The first-order valence-corrected chi connectivity index (χ1v) is 6.66. The van der Waals surface area contributed by atoms with Crippen molar-refractivity contribution in [2.24, 2.45) is 11.7 Å². The Hall–Kier alpha value is -1.09. The van der Waals surface area contributed by atoms with Crippen molar-refractivity contribution in [3.8, 4) is 0 Å². The van der Waals surface area contributed by atoms with Gasteiger partial charge in [0.15, 0.2) is 0 Å². The van der Waals surface area contributed by atoms with E-state index in [2.05, 4.69) is 23.0 Å². The average molecular weight is 233 g/mol. The van der Waals surface area contributed by atoms with Crippen LogP contribution in [0, 0.1) is 5.92 Å². The van der Waals surface area contributed by atoms with Gasteiger partial charge in [0.2, 0.25) is 0 Å². The van der Waals surface area contributed by atoms with Crippen LogP contribution in [0.2, 0.25) is 0 Å². The zero-order valence-electron chi connectivity index (χ0n) is 10.7. The van der Waals surface area contributed by atoms with Crippen molar-refractivity contribution >= 4 is 5.82 Å². The Morgan fingerprint density at radius 1 is 1.41 bits per heavy atom. The lowest BCUT2D eigenvalue weighted by Crippen LogP contribution is -2.26. The van der Waals surface area contributed by atoms with Crippen LogP contribution in [-0.2, 0) is 6.42 Å². The molecular weight excluding hydrogens is 210 g/mol. The second-order valence-corrected chi connectivity index (χ2v) is 5.06. The number of aromatic nitrogens is 1. The Kier molecular flexibility index (Phi) is 4.37. The second-order valence-electron chi connectivity index (χ2n) is 5.06. The maximum Gasteiger partial charge on any atom is 0.131 e. The summed E-state index contributed by atoms with van der Waals surface area (Å²) in [5.74, 6) is 1.97. The molecule has 1 aliphatic rings.